The Labute approximate surface area is 148 Å². The van der Waals surface area contributed by atoms with Crippen LogP contribution < -0.4 is 0 Å². The summed E-state index contributed by atoms with van der Waals surface area (Å²) in [4.78, 5) is 23.1. The van der Waals surface area contributed by atoms with Gasteiger partial charge in [0.25, 0.3) is 0 Å². The van der Waals surface area contributed by atoms with Crippen molar-refractivity contribution in [1.29, 1.82) is 0 Å². The Hall–Kier alpha value is -1.32. The number of carbonyl (C=O) groups excluding carboxylic acids is 2. The molecule has 4 nitrogen and oxygen atoms in total. The van der Waals surface area contributed by atoms with Crippen LogP contribution in [0, 0.1) is 11.8 Å². The molecule has 2 atom stereocenters. The van der Waals surface area contributed by atoms with Gasteiger partial charge in [-0.15, -0.1) is 0 Å². The second-order valence-corrected chi connectivity index (χ2v) is 6.37. The van der Waals surface area contributed by atoms with Crippen molar-refractivity contribution in [3.8, 4) is 0 Å². The summed E-state index contributed by atoms with van der Waals surface area (Å²) in [6, 6.07) is 0. The Morgan fingerprint density at radius 3 is 1.38 bits per heavy atom. The molecule has 0 heterocycles. The zero-order valence-electron chi connectivity index (χ0n) is 16.0. The van der Waals surface area contributed by atoms with Gasteiger partial charge in [0, 0.05) is 12.2 Å². The van der Waals surface area contributed by atoms with E-state index in [4.69, 9.17) is 9.47 Å². The van der Waals surface area contributed by atoms with Crippen molar-refractivity contribution in [3.63, 3.8) is 0 Å². The fraction of sp³-hybridized carbons (Fsp3) is 0.800. The van der Waals surface area contributed by atoms with E-state index in [1.165, 1.54) is 0 Å². The minimum atomic E-state index is -0.476. The third-order valence-corrected chi connectivity index (χ3v) is 4.44. The van der Waals surface area contributed by atoms with Crippen LogP contribution in [-0.4, -0.2) is 25.2 Å². The first-order valence-corrected chi connectivity index (χ1v) is 9.58. The monoisotopic (exact) mass is 340 g/mol. The molecule has 0 spiro atoms. The number of hydrogen-bond donors (Lipinski definition) is 0. The molecule has 24 heavy (non-hydrogen) atoms. The summed E-state index contributed by atoms with van der Waals surface area (Å²) in [5.41, 5.74) is 0. The van der Waals surface area contributed by atoms with Gasteiger partial charge < -0.3 is 9.47 Å². The molecule has 0 amide bonds. The first-order chi connectivity index (χ1) is 11.6. The SMILES string of the molecule is CCCC(CC)CCOC(=O)C=CC(=O)OCCC(CC)CCC. The molecule has 0 N–H and O–H groups in total. The summed E-state index contributed by atoms with van der Waals surface area (Å²) in [6.07, 6.45) is 10.9. The largest absolute Gasteiger partial charge is 0.463 e. The lowest BCUT2D eigenvalue weighted by Crippen LogP contribution is -2.10. The average Bonchev–Trinajstić information content (AvgIpc) is 2.58. The quantitative estimate of drug-likeness (QED) is 0.327. The van der Waals surface area contributed by atoms with Crippen LogP contribution in [0.1, 0.15) is 79.1 Å². The molecule has 0 aromatic heterocycles. The van der Waals surface area contributed by atoms with Gasteiger partial charge in [0.05, 0.1) is 13.2 Å². The third kappa shape index (κ3) is 12.1. The minimum absolute atomic E-state index is 0.409. The first-order valence-electron chi connectivity index (χ1n) is 9.58. The molecule has 0 aliphatic rings. The summed E-state index contributed by atoms with van der Waals surface area (Å²) in [6.45, 7) is 9.45. The van der Waals surface area contributed by atoms with Gasteiger partial charge in [-0.1, -0.05) is 66.2 Å². The van der Waals surface area contributed by atoms with E-state index in [1.807, 2.05) is 0 Å². The molecule has 0 saturated carbocycles. The number of carbonyl (C=O) groups is 2. The van der Waals surface area contributed by atoms with Crippen molar-refractivity contribution >= 4 is 11.9 Å². The normalized spacial score (nSPS) is 13.7. The maximum atomic E-state index is 11.6. The zero-order valence-corrected chi connectivity index (χ0v) is 16.0. The van der Waals surface area contributed by atoms with Gasteiger partial charge >= 0.3 is 11.9 Å². The highest BCUT2D eigenvalue weighted by atomic mass is 16.5. The van der Waals surface area contributed by atoms with Gasteiger partial charge in [0.2, 0.25) is 0 Å². The number of rotatable bonds is 14. The molecule has 0 bridgehead atoms. The molecular weight excluding hydrogens is 304 g/mol. The Morgan fingerprint density at radius 2 is 1.08 bits per heavy atom. The maximum absolute atomic E-state index is 11.6. The molecule has 0 radical (unpaired) electrons. The van der Waals surface area contributed by atoms with Gasteiger partial charge in [-0.2, -0.15) is 0 Å². The summed E-state index contributed by atoms with van der Waals surface area (Å²) in [5, 5.41) is 0. The number of ether oxygens (including phenoxy) is 2. The fourth-order valence-corrected chi connectivity index (χ4v) is 2.81. The molecule has 0 aromatic carbocycles. The van der Waals surface area contributed by atoms with Gasteiger partial charge in [-0.05, 0) is 24.7 Å². The van der Waals surface area contributed by atoms with Crippen molar-refractivity contribution < 1.29 is 19.1 Å². The summed E-state index contributed by atoms with van der Waals surface area (Å²) in [5.74, 6) is 0.254. The second-order valence-electron chi connectivity index (χ2n) is 6.37. The summed E-state index contributed by atoms with van der Waals surface area (Å²) in [7, 11) is 0. The molecule has 4 heteroatoms. The van der Waals surface area contributed by atoms with Gasteiger partial charge in [-0.25, -0.2) is 9.59 Å². The predicted octanol–water partition coefficient (Wildman–Crippen LogP) is 5.06. The Kier molecular flexibility index (Phi) is 14.4. The van der Waals surface area contributed by atoms with Crippen LogP contribution in [0.25, 0.3) is 0 Å². The average molecular weight is 341 g/mol. The van der Waals surface area contributed by atoms with E-state index in [2.05, 4.69) is 27.7 Å². The predicted molar refractivity (Wildman–Crippen MR) is 97.7 cm³/mol. The van der Waals surface area contributed by atoms with Crippen LogP contribution >= 0.6 is 0 Å². The highest BCUT2D eigenvalue weighted by molar-refractivity contribution is 5.91. The Bertz CT molecular complexity index is 329. The van der Waals surface area contributed by atoms with Gasteiger partial charge in [0.15, 0.2) is 0 Å². The third-order valence-electron chi connectivity index (χ3n) is 4.44. The molecule has 0 rings (SSSR count). The molecule has 0 aliphatic heterocycles. The van der Waals surface area contributed by atoms with Crippen LogP contribution in [0.15, 0.2) is 12.2 Å². The highest BCUT2D eigenvalue weighted by Crippen LogP contribution is 2.15. The molecule has 0 aromatic rings. The van der Waals surface area contributed by atoms with E-state index in [0.29, 0.717) is 25.0 Å². The van der Waals surface area contributed by atoms with Crippen LogP contribution in [-0.2, 0) is 19.1 Å². The van der Waals surface area contributed by atoms with Crippen LogP contribution in [0.3, 0.4) is 0 Å². The van der Waals surface area contributed by atoms with E-state index in [-0.39, 0.29) is 0 Å². The molecule has 2 unspecified atom stereocenters. The van der Waals surface area contributed by atoms with Crippen molar-refractivity contribution in [1.82, 2.24) is 0 Å². The summed E-state index contributed by atoms with van der Waals surface area (Å²) >= 11 is 0. The molecule has 0 fully saturated rings. The maximum Gasteiger partial charge on any atom is 0.331 e. The smallest absolute Gasteiger partial charge is 0.331 e. The lowest BCUT2D eigenvalue weighted by atomic mass is 9.98. The zero-order chi connectivity index (χ0) is 18.2. The van der Waals surface area contributed by atoms with Gasteiger partial charge in [-0.3, -0.25) is 0 Å². The van der Waals surface area contributed by atoms with E-state index in [1.54, 1.807) is 0 Å². The van der Waals surface area contributed by atoms with Crippen LogP contribution in [0.2, 0.25) is 0 Å². The van der Waals surface area contributed by atoms with Crippen molar-refractivity contribution in [2.75, 3.05) is 13.2 Å². The van der Waals surface area contributed by atoms with E-state index in [0.717, 1.165) is 63.5 Å². The number of hydrogen-bond acceptors (Lipinski definition) is 4. The van der Waals surface area contributed by atoms with Crippen molar-refractivity contribution in [2.24, 2.45) is 11.8 Å². The molecule has 0 saturated heterocycles. The van der Waals surface area contributed by atoms with Gasteiger partial charge in [0.1, 0.15) is 0 Å². The number of esters is 2. The van der Waals surface area contributed by atoms with E-state index < -0.39 is 11.9 Å². The minimum Gasteiger partial charge on any atom is -0.463 e. The molecular formula is C20H36O4. The lowest BCUT2D eigenvalue weighted by Gasteiger charge is -2.13. The van der Waals surface area contributed by atoms with E-state index >= 15 is 0 Å². The van der Waals surface area contributed by atoms with Crippen LogP contribution in [0.4, 0.5) is 0 Å². The summed E-state index contributed by atoms with van der Waals surface area (Å²) < 4.78 is 10.3. The van der Waals surface area contributed by atoms with E-state index in [9.17, 15) is 9.59 Å². The molecule has 0 aliphatic carbocycles. The first kappa shape index (κ1) is 22.7. The lowest BCUT2D eigenvalue weighted by molar-refractivity contribution is -0.140. The van der Waals surface area contributed by atoms with Crippen molar-refractivity contribution in [2.45, 2.75) is 79.1 Å². The van der Waals surface area contributed by atoms with Crippen LogP contribution in [0.5, 0.6) is 0 Å². The fourth-order valence-electron chi connectivity index (χ4n) is 2.81. The highest BCUT2D eigenvalue weighted by Gasteiger charge is 2.08. The Morgan fingerprint density at radius 1 is 0.708 bits per heavy atom. The standard InChI is InChI=1S/C20H36O4/c1-5-9-17(7-3)13-15-23-19(21)11-12-20(22)24-16-14-18(8-4)10-6-2/h11-12,17-18H,5-10,13-16H2,1-4H3. The topological polar surface area (TPSA) is 52.6 Å². The Balaban J connectivity index is 3.89. The van der Waals surface area contributed by atoms with Crippen molar-refractivity contribution in [3.05, 3.63) is 12.2 Å². The second kappa shape index (κ2) is 15.2. The molecule has 140 valence electrons.